The Kier molecular flexibility index (Phi) is 6.20. The smallest absolute Gasteiger partial charge is 0.341 e. The molecule has 1 atom stereocenters. The summed E-state index contributed by atoms with van der Waals surface area (Å²) >= 11 is 1.48. The number of halogens is 2. The topological polar surface area (TPSA) is 61.3 Å². The molecule has 1 heterocycles. The van der Waals surface area contributed by atoms with Gasteiger partial charge in [0.25, 0.3) is 0 Å². The van der Waals surface area contributed by atoms with E-state index in [0.29, 0.717) is 11.0 Å². The zero-order valence-corrected chi connectivity index (χ0v) is 15.3. The maximum atomic E-state index is 13.2. The van der Waals surface area contributed by atoms with Gasteiger partial charge in [-0.2, -0.15) is 14.2 Å². The van der Waals surface area contributed by atoms with Crippen LogP contribution in [0.5, 0.6) is 6.01 Å². The van der Waals surface area contributed by atoms with Gasteiger partial charge >= 0.3 is 17.4 Å². The summed E-state index contributed by atoms with van der Waals surface area (Å²) in [5, 5.41) is 0.529. The van der Waals surface area contributed by atoms with E-state index in [2.05, 4.69) is 30.1 Å². The van der Waals surface area contributed by atoms with Gasteiger partial charge in [-0.15, -0.1) is 0 Å². The molecule has 0 saturated carbocycles. The van der Waals surface area contributed by atoms with Gasteiger partial charge in [0.1, 0.15) is 5.82 Å². The summed E-state index contributed by atoms with van der Waals surface area (Å²) in [5.74, 6) is -0.229. The third-order valence-corrected chi connectivity index (χ3v) is 4.21. The van der Waals surface area contributed by atoms with Crippen LogP contribution in [0.1, 0.15) is 31.0 Å². The Morgan fingerprint density at radius 3 is 2.43 bits per heavy atom. The predicted molar refractivity (Wildman–Crippen MR) is 89.9 cm³/mol. The van der Waals surface area contributed by atoms with Gasteiger partial charge in [-0.1, -0.05) is 29.8 Å². The zero-order valence-electron chi connectivity index (χ0n) is 12.9. The molecule has 124 valence electrons. The van der Waals surface area contributed by atoms with Crippen molar-refractivity contribution >= 4 is 27.3 Å². The first-order valence-corrected chi connectivity index (χ1v) is 8.95. The highest BCUT2D eigenvalue weighted by Crippen LogP contribution is 2.31. The average Bonchev–Trinajstić information content (AvgIpc) is 2.54. The van der Waals surface area contributed by atoms with Crippen LogP contribution in [0.4, 0.5) is 4.39 Å². The summed E-state index contributed by atoms with van der Waals surface area (Å²) in [6.45, 7) is 3.97. The van der Waals surface area contributed by atoms with E-state index in [-0.39, 0.29) is 17.7 Å². The standard InChI is InChI=1S/C15H16BrFN2O3S/c1-9(2)13-12(8-16)14(10-4-6-11(17)7-5-10)19-15(18-13)22-23(20)21-3/h4-7,9H,8H2,1-3H3. The number of alkyl halides is 1. The van der Waals surface area contributed by atoms with Gasteiger partial charge in [-0.25, -0.2) is 4.39 Å². The van der Waals surface area contributed by atoms with Crippen LogP contribution < -0.4 is 4.18 Å². The van der Waals surface area contributed by atoms with E-state index < -0.39 is 11.4 Å². The van der Waals surface area contributed by atoms with E-state index in [9.17, 15) is 8.60 Å². The molecule has 0 aliphatic rings. The molecule has 0 amide bonds. The number of hydrogen-bond donors (Lipinski definition) is 0. The maximum absolute atomic E-state index is 13.2. The second-order valence-electron chi connectivity index (χ2n) is 4.97. The molecule has 0 spiro atoms. The van der Waals surface area contributed by atoms with Gasteiger partial charge in [0, 0.05) is 16.5 Å². The van der Waals surface area contributed by atoms with Crippen molar-refractivity contribution in [3.63, 3.8) is 0 Å². The second kappa shape index (κ2) is 7.94. The summed E-state index contributed by atoms with van der Waals surface area (Å²) in [6, 6.07) is 5.94. The molecule has 0 radical (unpaired) electrons. The third-order valence-electron chi connectivity index (χ3n) is 3.10. The monoisotopic (exact) mass is 402 g/mol. The Morgan fingerprint density at radius 2 is 1.91 bits per heavy atom. The fourth-order valence-electron chi connectivity index (χ4n) is 2.07. The molecule has 0 aliphatic heterocycles. The molecule has 1 aromatic carbocycles. The highest BCUT2D eigenvalue weighted by molar-refractivity contribution is 9.08. The molecular weight excluding hydrogens is 387 g/mol. The molecule has 0 N–H and O–H groups in total. The molecule has 0 saturated heterocycles. The number of aromatic nitrogens is 2. The third kappa shape index (κ3) is 4.33. The van der Waals surface area contributed by atoms with Crippen LogP contribution >= 0.6 is 15.9 Å². The Morgan fingerprint density at radius 1 is 1.26 bits per heavy atom. The fourth-order valence-corrected chi connectivity index (χ4v) is 2.89. The lowest BCUT2D eigenvalue weighted by Gasteiger charge is -2.15. The van der Waals surface area contributed by atoms with Gasteiger partial charge in [0.05, 0.1) is 18.5 Å². The van der Waals surface area contributed by atoms with E-state index in [1.165, 1.54) is 19.2 Å². The second-order valence-corrected chi connectivity index (χ2v) is 6.44. The van der Waals surface area contributed by atoms with Crippen molar-refractivity contribution in [1.29, 1.82) is 0 Å². The van der Waals surface area contributed by atoms with Crippen LogP contribution in [0.2, 0.25) is 0 Å². The molecule has 0 bridgehead atoms. The number of benzene rings is 1. The lowest BCUT2D eigenvalue weighted by Crippen LogP contribution is -2.10. The van der Waals surface area contributed by atoms with Crippen LogP contribution in [0.15, 0.2) is 24.3 Å². The molecule has 0 aliphatic carbocycles. The van der Waals surface area contributed by atoms with E-state index in [4.69, 9.17) is 4.18 Å². The molecule has 2 aromatic rings. The number of hydrogen-bond acceptors (Lipinski definition) is 5. The van der Waals surface area contributed by atoms with Crippen LogP contribution in [-0.2, 0) is 20.9 Å². The van der Waals surface area contributed by atoms with Crippen molar-refractivity contribution < 1.29 is 17.0 Å². The lowest BCUT2D eigenvalue weighted by molar-refractivity contribution is 0.373. The van der Waals surface area contributed by atoms with Crippen molar-refractivity contribution in [2.75, 3.05) is 7.11 Å². The van der Waals surface area contributed by atoms with E-state index >= 15 is 0 Å². The zero-order chi connectivity index (χ0) is 17.0. The first-order chi connectivity index (χ1) is 11.0. The molecule has 2 rings (SSSR count). The molecular formula is C15H16BrFN2O3S. The van der Waals surface area contributed by atoms with E-state index in [1.54, 1.807) is 12.1 Å². The van der Waals surface area contributed by atoms with Crippen LogP contribution in [0.3, 0.4) is 0 Å². The largest absolute Gasteiger partial charge is 0.362 e. The lowest BCUT2D eigenvalue weighted by atomic mass is 10.00. The molecule has 8 heteroatoms. The normalized spacial score (nSPS) is 12.4. The minimum atomic E-state index is -1.97. The van der Waals surface area contributed by atoms with Gasteiger partial charge in [0.2, 0.25) is 0 Å². The molecule has 23 heavy (non-hydrogen) atoms. The van der Waals surface area contributed by atoms with Crippen LogP contribution in [-0.4, -0.2) is 21.3 Å². The van der Waals surface area contributed by atoms with E-state index in [0.717, 1.165) is 16.8 Å². The van der Waals surface area contributed by atoms with Gasteiger partial charge in [-0.05, 0) is 30.2 Å². The van der Waals surface area contributed by atoms with Crippen molar-refractivity contribution in [2.24, 2.45) is 0 Å². The minimum absolute atomic E-state index is 0.0436. The van der Waals surface area contributed by atoms with Crippen molar-refractivity contribution in [3.8, 4) is 17.3 Å². The highest BCUT2D eigenvalue weighted by atomic mass is 79.9. The summed E-state index contributed by atoms with van der Waals surface area (Å²) in [6.07, 6.45) is 0. The number of rotatable bonds is 6. The first kappa shape index (κ1) is 18.0. The Balaban J connectivity index is 2.61. The van der Waals surface area contributed by atoms with Gasteiger partial charge in [-0.3, -0.25) is 4.18 Å². The molecule has 1 aromatic heterocycles. The average molecular weight is 403 g/mol. The summed E-state index contributed by atoms with van der Waals surface area (Å²) < 4.78 is 34.3. The number of nitrogens with zero attached hydrogens (tertiary/aromatic N) is 2. The summed E-state index contributed by atoms with van der Waals surface area (Å²) in [7, 11) is 1.26. The van der Waals surface area contributed by atoms with Crippen LogP contribution in [0, 0.1) is 5.82 Å². The predicted octanol–water partition coefficient (Wildman–Crippen LogP) is 3.90. The molecule has 1 unspecified atom stereocenters. The highest BCUT2D eigenvalue weighted by Gasteiger charge is 2.19. The van der Waals surface area contributed by atoms with Crippen molar-refractivity contribution in [2.45, 2.75) is 25.1 Å². The van der Waals surface area contributed by atoms with Crippen molar-refractivity contribution in [3.05, 3.63) is 41.3 Å². The summed E-state index contributed by atoms with van der Waals surface area (Å²) in [4.78, 5) is 8.64. The SMILES string of the molecule is COS(=O)Oc1nc(-c2ccc(F)cc2)c(CBr)c(C(C)C)n1. The van der Waals surface area contributed by atoms with Crippen LogP contribution in [0.25, 0.3) is 11.3 Å². The Hall–Kier alpha value is -1.38. The van der Waals surface area contributed by atoms with Gasteiger partial charge in [0.15, 0.2) is 0 Å². The quantitative estimate of drug-likeness (QED) is 0.685. The summed E-state index contributed by atoms with van der Waals surface area (Å²) in [5.41, 5.74) is 2.96. The van der Waals surface area contributed by atoms with Gasteiger partial charge < -0.3 is 4.18 Å². The van der Waals surface area contributed by atoms with Crippen molar-refractivity contribution in [1.82, 2.24) is 9.97 Å². The fraction of sp³-hybridized carbons (Fsp3) is 0.333. The first-order valence-electron chi connectivity index (χ1n) is 6.83. The molecule has 5 nitrogen and oxygen atoms in total. The molecule has 0 fully saturated rings. The van der Waals surface area contributed by atoms with E-state index in [1.807, 2.05) is 13.8 Å². The maximum Gasteiger partial charge on any atom is 0.362 e. The Bertz CT molecular complexity index is 711. The Labute approximate surface area is 145 Å². The minimum Gasteiger partial charge on any atom is -0.341 e.